The first kappa shape index (κ1) is 14.4. The van der Waals surface area contributed by atoms with Crippen molar-refractivity contribution < 1.29 is 4.74 Å². The monoisotopic (exact) mass is 295 g/mol. The summed E-state index contributed by atoms with van der Waals surface area (Å²) in [7, 11) is 1.68. The van der Waals surface area contributed by atoms with Gasteiger partial charge in [-0.15, -0.1) is 11.3 Å². The molecule has 0 amide bonds. The van der Waals surface area contributed by atoms with Gasteiger partial charge in [-0.2, -0.15) is 0 Å². The van der Waals surface area contributed by atoms with E-state index in [-0.39, 0.29) is 6.04 Å². The van der Waals surface area contributed by atoms with Gasteiger partial charge in [-0.3, -0.25) is 0 Å². The summed E-state index contributed by atoms with van der Waals surface area (Å²) >= 11 is 7.80. The second-order valence-corrected chi connectivity index (χ2v) is 5.87. The Morgan fingerprint density at radius 1 is 1.32 bits per heavy atom. The van der Waals surface area contributed by atoms with Crippen molar-refractivity contribution in [2.45, 2.75) is 19.9 Å². The summed E-state index contributed by atoms with van der Waals surface area (Å²) in [5.41, 5.74) is 2.42. The van der Waals surface area contributed by atoms with Crippen LogP contribution in [0.2, 0.25) is 5.02 Å². The molecule has 102 valence electrons. The number of thiophene rings is 1. The van der Waals surface area contributed by atoms with Crippen LogP contribution in [0.5, 0.6) is 5.75 Å². The number of aryl methyl sites for hydroxylation is 1. The molecule has 1 aromatic carbocycles. The maximum absolute atomic E-state index is 6.04. The molecule has 2 rings (SSSR count). The van der Waals surface area contributed by atoms with Crippen LogP contribution in [0.3, 0.4) is 0 Å². The number of ether oxygens (including phenoxy) is 1. The van der Waals surface area contributed by atoms with Crippen LogP contribution in [-0.4, -0.2) is 13.7 Å². The largest absolute Gasteiger partial charge is 0.496 e. The van der Waals surface area contributed by atoms with Crippen molar-refractivity contribution in [1.82, 2.24) is 5.32 Å². The quantitative estimate of drug-likeness (QED) is 0.882. The van der Waals surface area contributed by atoms with Gasteiger partial charge in [-0.25, -0.2) is 0 Å². The minimum absolute atomic E-state index is 0.142. The number of methoxy groups -OCH3 is 1. The fraction of sp³-hybridized carbons (Fsp3) is 0.333. The summed E-state index contributed by atoms with van der Waals surface area (Å²) in [5, 5.41) is 6.33. The van der Waals surface area contributed by atoms with Crippen molar-refractivity contribution in [3.8, 4) is 5.75 Å². The van der Waals surface area contributed by atoms with Crippen LogP contribution in [0.25, 0.3) is 0 Å². The van der Waals surface area contributed by atoms with Crippen molar-refractivity contribution in [3.05, 3.63) is 50.7 Å². The first-order chi connectivity index (χ1) is 9.17. The Bertz CT molecular complexity index is 553. The minimum Gasteiger partial charge on any atom is -0.496 e. The highest BCUT2D eigenvalue weighted by molar-refractivity contribution is 7.10. The summed E-state index contributed by atoms with van der Waals surface area (Å²) in [6.45, 7) is 5.15. The van der Waals surface area contributed by atoms with Gasteiger partial charge in [0, 0.05) is 15.5 Å². The Hall–Kier alpha value is -1.03. The third-order valence-corrected chi connectivity index (χ3v) is 4.22. The molecule has 1 heterocycles. The highest BCUT2D eigenvalue weighted by Crippen LogP contribution is 2.34. The summed E-state index contributed by atoms with van der Waals surface area (Å²) in [5.74, 6) is 0.823. The van der Waals surface area contributed by atoms with E-state index in [1.54, 1.807) is 18.4 Å². The van der Waals surface area contributed by atoms with E-state index in [0.717, 1.165) is 17.9 Å². The summed E-state index contributed by atoms with van der Waals surface area (Å²) in [6, 6.07) is 8.12. The summed E-state index contributed by atoms with van der Waals surface area (Å²) < 4.78 is 5.47. The molecule has 0 bridgehead atoms. The molecule has 0 radical (unpaired) electrons. The molecule has 1 atom stereocenters. The lowest BCUT2D eigenvalue weighted by Gasteiger charge is -2.21. The van der Waals surface area contributed by atoms with Crippen LogP contribution in [0, 0.1) is 6.92 Å². The number of hydrogen-bond donors (Lipinski definition) is 1. The van der Waals surface area contributed by atoms with Crippen LogP contribution in [-0.2, 0) is 0 Å². The molecule has 0 saturated carbocycles. The molecule has 1 N–H and O–H groups in total. The number of hydrogen-bond acceptors (Lipinski definition) is 3. The predicted molar refractivity (Wildman–Crippen MR) is 82.6 cm³/mol. The molecule has 2 aromatic rings. The molecule has 0 spiro atoms. The highest BCUT2D eigenvalue weighted by atomic mass is 35.5. The maximum atomic E-state index is 6.04. The smallest absolute Gasteiger partial charge is 0.125 e. The summed E-state index contributed by atoms with van der Waals surface area (Å²) in [6.07, 6.45) is 0. The Labute approximate surface area is 123 Å². The lowest BCUT2D eigenvalue weighted by molar-refractivity contribution is 0.404. The highest BCUT2D eigenvalue weighted by Gasteiger charge is 2.19. The average Bonchev–Trinajstić information content (AvgIpc) is 2.82. The van der Waals surface area contributed by atoms with Gasteiger partial charge in [0.2, 0.25) is 0 Å². The molecular weight excluding hydrogens is 278 g/mol. The van der Waals surface area contributed by atoms with Crippen molar-refractivity contribution >= 4 is 22.9 Å². The van der Waals surface area contributed by atoms with E-state index in [0.29, 0.717) is 5.02 Å². The van der Waals surface area contributed by atoms with Gasteiger partial charge in [0.05, 0.1) is 13.2 Å². The van der Waals surface area contributed by atoms with Gasteiger partial charge < -0.3 is 10.1 Å². The molecule has 0 saturated heterocycles. The second-order valence-electron chi connectivity index (χ2n) is 4.31. The molecular formula is C15H18ClNOS. The van der Waals surface area contributed by atoms with E-state index in [1.807, 2.05) is 18.2 Å². The van der Waals surface area contributed by atoms with Crippen LogP contribution in [0.1, 0.15) is 29.0 Å². The van der Waals surface area contributed by atoms with Gasteiger partial charge >= 0.3 is 0 Å². The third-order valence-electron chi connectivity index (χ3n) is 3.12. The van der Waals surface area contributed by atoms with Crippen molar-refractivity contribution in [2.24, 2.45) is 0 Å². The molecule has 0 fully saturated rings. The standard InChI is InChI=1S/C15H18ClNOS/c1-4-17-15(12-7-8-19-10(12)2)13-6-5-11(16)9-14(13)18-3/h5-9,15,17H,4H2,1-3H3. The van der Waals surface area contributed by atoms with Crippen LogP contribution >= 0.6 is 22.9 Å². The van der Waals surface area contributed by atoms with Crippen LogP contribution < -0.4 is 10.1 Å². The molecule has 0 aliphatic heterocycles. The molecule has 19 heavy (non-hydrogen) atoms. The number of rotatable bonds is 5. The zero-order chi connectivity index (χ0) is 13.8. The van der Waals surface area contributed by atoms with Gasteiger partial charge in [-0.05, 0) is 42.6 Å². The van der Waals surface area contributed by atoms with E-state index >= 15 is 0 Å². The normalized spacial score (nSPS) is 12.4. The predicted octanol–water partition coefficient (Wildman–Crippen LogP) is 4.42. The van der Waals surface area contributed by atoms with Crippen molar-refractivity contribution in [3.63, 3.8) is 0 Å². The fourth-order valence-electron chi connectivity index (χ4n) is 2.21. The summed E-state index contributed by atoms with van der Waals surface area (Å²) in [4.78, 5) is 1.32. The van der Waals surface area contributed by atoms with Crippen molar-refractivity contribution in [2.75, 3.05) is 13.7 Å². The van der Waals surface area contributed by atoms with Crippen LogP contribution in [0.4, 0.5) is 0 Å². The molecule has 0 aliphatic rings. The zero-order valence-electron chi connectivity index (χ0n) is 11.4. The van der Waals surface area contributed by atoms with Gasteiger partial charge in [0.1, 0.15) is 5.75 Å². The SMILES string of the molecule is CCNC(c1ccc(Cl)cc1OC)c1ccsc1C. The molecule has 2 nitrogen and oxygen atoms in total. The number of benzene rings is 1. The number of halogens is 1. The topological polar surface area (TPSA) is 21.3 Å². The molecule has 4 heteroatoms. The first-order valence-corrected chi connectivity index (χ1v) is 7.54. The fourth-order valence-corrected chi connectivity index (χ4v) is 3.11. The van der Waals surface area contributed by atoms with E-state index < -0.39 is 0 Å². The van der Waals surface area contributed by atoms with Gasteiger partial charge in [0.15, 0.2) is 0 Å². The van der Waals surface area contributed by atoms with E-state index in [2.05, 4.69) is 30.6 Å². The Kier molecular flexibility index (Phi) is 4.86. The van der Waals surface area contributed by atoms with E-state index in [4.69, 9.17) is 16.3 Å². The minimum atomic E-state index is 0.142. The molecule has 1 unspecified atom stereocenters. The number of nitrogens with one attached hydrogen (secondary N) is 1. The maximum Gasteiger partial charge on any atom is 0.125 e. The Morgan fingerprint density at radius 3 is 2.68 bits per heavy atom. The van der Waals surface area contributed by atoms with Crippen LogP contribution in [0.15, 0.2) is 29.6 Å². The van der Waals surface area contributed by atoms with E-state index in [1.165, 1.54) is 10.4 Å². The zero-order valence-corrected chi connectivity index (χ0v) is 12.9. The van der Waals surface area contributed by atoms with Gasteiger partial charge in [0.25, 0.3) is 0 Å². The molecule has 1 aromatic heterocycles. The Morgan fingerprint density at radius 2 is 2.11 bits per heavy atom. The average molecular weight is 296 g/mol. The van der Waals surface area contributed by atoms with Gasteiger partial charge in [-0.1, -0.05) is 24.6 Å². The second kappa shape index (κ2) is 6.42. The lowest BCUT2D eigenvalue weighted by atomic mass is 9.98. The van der Waals surface area contributed by atoms with Crippen molar-refractivity contribution in [1.29, 1.82) is 0 Å². The third kappa shape index (κ3) is 3.11. The first-order valence-electron chi connectivity index (χ1n) is 6.28. The lowest BCUT2D eigenvalue weighted by Crippen LogP contribution is -2.22. The molecule has 0 aliphatic carbocycles. The Balaban J connectivity index is 2.48. The van der Waals surface area contributed by atoms with E-state index in [9.17, 15) is 0 Å².